The fraction of sp³-hybridized carbons (Fsp3) is 0.176. The van der Waals surface area contributed by atoms with Gasteiger partial charge in [-0.1, -0.05) is 17.7 Å². The third-order valence-electron chi connectivity index (χ3n) is 3.63. The second-order valence-corrected chi connectivity index (χ2v) is 7.32. The molecule has 25 heavy (non-hydrogen) atoms. The molecule has 2 aromatic heterocycles. The number of H-pyrrole nitrogens is 1. The summed E-state index contributed by atoms with van der Waals surface area (Å²) in [4.78, 5) is 18.9. The van der Waals surface area contributed by atoms with E-state index in [0.717, 1.165) is 5.56 Å². The highest BCUT2D eigenvalue weighted by Crippen LogP contribution is 2.21. The van der Waals surface area contributed by atoms with Crippen LogP contribution in [-0.4, -0.2) is 24.3 Å². The number of nitrogens with one attached hydrogen (secondary N) is 2. The Labute approximate surface area is 145 Å². The normalized spacial score (nSPS) is 11.4. The monoisotopic (exact) mass is 359 g/mol. The Bertz CT molecular complexity index is 1000. The summed E-state index contributed by atoms with van der Waals surface area (Å²) < 4.78 is 32.9. The van der Waals surface area contributed by atoms with Crippen LogP contribution >= 0.6 is 0 Å². The number of oxazole rings is 1. The lowest BCUT2D eigenvalue weighted by molar-refractivity contribution is 0.0981. The fourth-order valence-electron chi connectivity index (χ4n) is 2.48. The highest BCUT2D eigenvalue weighted by Gasteiger charge is 2.23. The molecule has 0 atom stereocenters. The lowest BCUT2D eigenvalue weighted by Crippen LogP contribution is -2.31. The average molecular weight is 359 g/mol. The van der Waals surface area contributed by atoms with Crippen molar-refractivity contribution in [2.75, 3.05) is 0 Å². The van der Waals surface area contributed by atoms with Gasteiger partial charge < -0.3 is 9.40 Å². The average Bonchev–Trinajstić information content (AvgIpc) is 3.18. The van der Waals surface area contributed by atoms with Gasteiger partial charge in [0.15, 0.2) is 5.89 Å². The second-order valence-electron chi connectivity index (χ2n) is 5.67. The predicted molar refractivity (Wildman–Crippen MR) is 90.7 cm³/mol. The molecule has 0 bridgehead atoms. The Balaban J connectivity index is 1.93. The molecule has 0 unspecified atom stereocenters. The van der Waals surface area contributed by atoms with Crippen LogP contribution in [0.15, 0.2) is 52.2 Å². The minimum atomic E-state index is -4.02. The van der Waals surface area contributed by atoms with Gasteiger partial charge in [0.05, 0.1) is 16.7 Å². The van der Waals surface area contributed by atoms with Crippen molar-refractivity contribution in [3.8, 4) is 0 Å². The van der Waals surface area contributed by atoms with E-state index in [1.54, 1.807) is 31.5 Å². The van der Waals surface area contributed by atoms with E-state index in [9.17, 15) is 13.2 Å². The van der Waals surface area contributed by atoms with Crippen molar-refractivity contribution in [1.82, 2.24) is 14.7 Å². The summed E-state index contributed by atoms with van der Waals surface area (Å²) >= 11 is 0. The lowest BCUT2D eigenvalue weighted by Gasteiger charge is -2.11. The van der Waals surface area contributed by atoms with E-state index in [4.69, 9.17) is 4.42 Å². The van der Waals surface area contributed by atoms with Crippen LogP contribution in [0.5, 0.6) is 0 Å². The zero-order chi connectivity index (χ0) is 18.0. The first-order chi connectivity index (χ1) is 11.8. The number of aromatic nitrogens is 2. The molecule has 7 nitrogen and oxygen atoms in total. The number of nitrogens with zero attached hydrogens (tertiary/aromatic N) is 1. The van der Waals surface area contributed by atoms with Crippen molar-refractivity contribution in [1.29, 1.82) is 0 Å². The second kappa shape index (κ2) is 6.56. The molecule has 0 saturated heterocycles. The van der Waals surface area contributed by atoms with E-state index in [-0.39, 0.29) is 16.9 Å². The zero-order valence-corrected chi connectivity index (χ0v) is 14.6. The van der Waals surface area contributed by atoms with E-state index in [1.807, 2.05) is 6.92 Å². The summed E-state index contributed by atoms with van der Waals surface area (Å²) in [6.07, 6.45) is 4.80. The molecule has 3 aromatic rings. The van der Waals surface area contributed by atoms with Gasteiger partial charge in [-0.3, -0.25) is 4.79 Å². The molecule has 0 fully saturated rings. The highest BCUT2D eigenvalue weighted by atomic mass is 32.2. The lowest BCUT2D eigenvalue weighted by atomic mass is 10.1. The standard InChI is InChI=1S/C17H17N3O4S/c1-11-3-4-16(14(7-11)8-15-10-19-12(2)24-15)25(22,23)20-17(21)13-5-6-18-9-13/h3-7,9-10,18H,8H2,1-2H3,(H,20,21). The number of amides is 1. The predicted octanol–water partition coefficient (Wildman–Crippen LogP) is 2.33. The molecule has 0 radical (unpaired) electrons. The van der Waals surface area contributed by atoms with Crippen LogP contribution in [0.1, 0.15) is 33.1 Å². The molecule has 0 spiro atoms. The van der Waals surface area contributed by atoms with Gasteiger partial charge in [-0.2, -0.15) is 0 Å². The fourth-order valence-corrected chi connectivity index (χ4v) is 3.68. The highest BCUT2D eigenvalue weighted by molar-refractivity contribution is 7.90. The molecule has 2 heterocycles. The van der Waals surface area contributed by atoms with Crippen molar-refractivity contribution >= 4 is 15.9 Å². The van der Waals surface area contributed by atoms with Crippen LogP contribution < -0.4 is 4.72 Å². The molecule has 1 amide bonds. The van der Waals surface area contributed by atoms with Gasteiger partial charge in [0, 0.05) is 25.7 Å². The van der Waals surface area contributed by atoms with E-state index < -0.39 is 15.9 Å². The topological polar surface area (TPSA) is 105 Å². The minimum absolute atomic E-state index is 0.0380. The smallest absolute Gasteiger partial charge is 0.266 e. The van der Waals surface area contributed by atoms with Crippen LogP contribution in [0.3, 0.4) is 0 Å². The molecule has 1 aromatic carbocycles. The first kappa shape index (κ1) is 17.0. The van der Waals surface area contributed by atoms with Crippen LogP contribution in [0.4, 0.5) is 0 Å². The molecular formula is C17H17N3O4S. The first-order valence-electron chi connectivity index (χ1n) is 7.56. The summed E-state index contributed by atoms with van der Waals surface area (Å²) in [6.45, 7) is 3.58. The summed E-state index contributed by atoms with van der Waals surface area (Å²) in [5.41, 5.74) is 1.68. The third kappa shape index (κ3) is 3.80. The Morgan fingerprint density at radius 2 is 2.08 bits per heavy atom. The number of sulfonamides is 1. The Kier molecular flexibility index (Phi) is 4.45. The molecular weight excluding hydrogens is 342 g/mol. The number of benzene rings is 1. The molecule has 3 rings (SSSR count). The van der Waals surface area contributed by atoms with Crippen molar-refractivity contribution in [2.45, 2.75) is 25.2 Å². The largest absolute Gasteiger partial charge is 0.446 e. The number of carbonyl (C=O) groups is 1. The van der Waals surface area contributed by atoms with E-state index in [2.05, 4.69) is 14.7 Å². The van der Waals surface area contributed by atoms with Crippen LogP contribution in [0.2, 0.25) is 0 Å². The zero-order valence-electron chi connectivity index (χ0n) is 13.7. The number of rotatable bonds is 5. The number of aromatic amines is 1. The van der Waals surface area contributed by atoms with Gasteiger partial charge >= 0.3 is 0 Å². The van der Waals surface area contributed by atoms with Gasteiger partial charge in [-0.25, -0.2) is 18.1 Å². The molecule has 0 aliphatic rings. The van der Waals surface area contributed by atoms with Gasteiger partial charge in [-0.15, -0.1) is 0 Å². The van der Waals surface area contributed by atoms with Crippen LogP contribution in [0.25, 0.3) is 0 Å². The van der Waals surface area contributed by atoms with Gasteiger partial charge in [-0.05, 0) is 24.6 Å². The summed E-state index contributed by atoms with van der Waals surface area (Å²) in [5.74, 6) is 0.368. The molecule has 8 heteroatoms. The minimum Gasteiger partial charge on any atom is -0.446 e. The molecule has 0 saturated carbocycles. The Morgan fingerprint density at radius 1 is 1.28 bits per heavy atom. The van der Waals surface area contributed by atoms with Gasteiger partial charge in [0.2, 0.25) is 0 Å². The molecule has 0 aliphatic heterocycles. The number of carbonyl (C=O) groups excluding carboxylic acids is 1. The summed E-state index contributed by atoms with van der Waals surface area (Å²) in [6, 6.07) is 6.43. The summed E-state index contributed by atoms with van der Waals surface area (Å²) in [5, 5.41) is 0. The SMILES string of the molecule is Cc1ccc(S(=O)(=O)NC(=O)c2cc[nH]c2)c(Cc2cnc(C)o2)c1. The maximum Gasteiger partial charge on any atom is 0.266 e. The van der Waals surface area contributed by atoms with Gasteiger partial charge in [0.1, 0.15) is 5.76 Å². The maximum atomic E-state index is 12.7. The number of hydrogen-bond donors (Lipinski definition) is 2. The van der Waals surface area contributed by atoms with Crippen molar-refractivity contribution in [2.24, 2.45) is 0 Å². The number of aryl methyl sites for hydroxylation is 2. The van der Waals surface area contributed by atoms with Crippen LogP contribution in [0, 0.1) is 13.8 Å². The third-order valence-corrected chi connectivity index (χ3v) is 5.06. The van der Waals surface area contributed by atoms with Gasteiger partial charge in [0.25, 0.3) is 15.9 Å². The molecule has 130 valence electrons. The van der Waals surface area contributed by atoms with E-state index in [1.165, 1.54) is 18.3 Å². The van der Waals surface area contributed by atoms with E-state index >= 15 is 0 Å². The number of hydrogen-bond acceptors (Lipinski definition) is 5. The Morgan fingerprint density at radius 3 is 2.72 bits per heavy atom. The van der Waals surface area contributed by atoms with Crippen molar-refractivity contribution in [3.63, 3.8) is 0 Å². The van der Waals surface area contributed by atoms with E-state index in [0.29, 0.717) is 17.2 Å². The molecule has 2 N–H and O–H groups in total. The quantitative estimate of drug-likeness (QED) is 0.727. The Hall–Kier alpha value is -2.87. The first-order valence-corrected chi connectivity index (χ1v) is 9.04. The summed E-state index contributed by atoms with van der Waals surface area (Å²) in [7, 11) is -4.02. The van der Waals surface area contributed by atoms with Crippen molar-refractivity contribution in [3.05, 3.63) is 71.2 Å². The molecule has 0 aliphatic carbocycles. The van der Waals surface area contributed by atoms with Crippen molar-refractivity contribution < 1.29 is 17.6 Å². The van der Waals surface area contributed by atoms with Crippen LogP contribution in [-0.2, 0) is 16.4 Å². The maximum absolute atomic E-state index is 12.7.